The van der Waals surface area contributed by atoms with Crippen LogP contribution in [0.15, 0.2) is 5.11 Å². The molecule has 8 heteroatoms. The SMILES string of the molecule is COC(=O)CN(C(=O)OC(C)(C)C)C1CCC(N=[N+]=[N-])CC1. The smallest absolute Gasteiger partial charge is 0.411 e. The molecular formula is C14H24N4O4. The highest BCUT2D eigenvalue weighted by Gasteiger charge is 2.33. The van der Waals surface area contributed by atoms with Crippen LogP contribution in [0.25, 0.3) is 10.4 Å². The summed E-state index contributed by atoms with van der Waals surface area (Å²) in [6.07, 6.45) is 2.19. The van der Waals surface area contributed by atoms with Gasteiger partial charge in [-0.3, -0.25) is 9.69 Å². The van der Waals surface area contributed by atoms with Gasteiger partial charge in [0.05, 0.1) is 7.11 Å². The van der Waals surface area contributed by atoms with Crippen molar-refractivity contribution in [2.75, 3.05) is 13.7 Å². The van der Waals surface area contributed by atoms with Crippen LogP contribution in [-0.4, -0.2) is 48.3 Å². The van der Waals surface area contributed by atoms with E-state index in [1.807, 2.05) is 0 Å². The van der Waals surface area contributed by atoms with E-state index in [-0.39, 0.29) is 18.6 Å². The summed E-state index contributed by atoms with van der Waals surface area (Å²) in [5, 5.41) is 3.71. The van der Waals surface area contributed by atoms with Crippen molar-refractivity contribution in [1.82, 2.24) is 4.90 Å². The van der Waals surface area contributed by atoms with E-state index in [2.05, 4.69) is 14.8 Å². The second-order valence-electron chi connectivity index (χ2n) is 6.35. The van der Waals surface area contributed by atoms with Gasteiger partial charge in [-0.15, -0.1) is 0 Å². The highest BCUT2D eigenvalue weighted by molar-refractivity contribution is 5.78. The van der Waals surface area contributed by atoms with Gasteiger partial charge in [-0.2, -0.15) is 0 Å². The van der Waals surface area contributed by atoms with Gasteiger partial charge in [0.15, 0.2) is 0 Å². The van der Waals surface area contributed by atoms with Crippen molar-refractivity contribution in [1.29, 1.82) is 0 Å². The van der Waals surface area contributed by atoms with Gasteiger partial charge in [-0.05, 0) is 52.0 Å². The predicted octanol–water partition coefficient (Wildman–Crippen LogP) is 3.02. The zero-order valence-electron chi connectivity index (χ0n) is 13.6. The molecule has 1 fully saturated rings. The van der Waals surface area contributed by atoms with Gasteiger partial charge in [0.1, 0.15) is 12.1 Å². The quantitative estimate of drug-likeness (QED) is 0.344. The summed E-state index contributed by atoms with van der Waals surface area (Å²) in [7, 11) is 1.29. The fourth-order valence-electron chi connectivity index (χ4n) is 2.43. The minimum atomic E-state index is -0.631. The van der Waals surface area contributed by atoms with Crippen LogP contribution in [-0.2, 0) is 14.3 Å². The Labute approximate surface area is 130 Å². The van der Waals surface area contributed by atoms with Crippen molar-refractivity contribution >= 4 is 12.1 Å². The van der Waals surface area contributed by atoms with Crippen LogP contribution in [0, 0.1) is 0 Å². The number of rotatable bonds is 4. The van der Waals surface area contributed by atoms with Crippen LogP contribution in [0.5, 0.6) is 0 Å². The molecular weight excluding hydrogens is 288 g/mol. The number of ether oxygens (including phenoxy) is 2. The standard InChI is InChI=1S/C14H24N4O4/c1-14(2,3)22-13(20)18(9-12(19)21-4)11-7-5-10(6-8-11)16-17-15/h10-11H,5-9H2,1-4H3. The van der Waals surface area contributed by atoms with Crippen LogP contribution in [0.2, 0.25) is 0 Å². The highest BCUT2D eigenvalue weighted by atomic mass is 16.6. The van der Waals surface area contributed by atoms with Crippen molar-refractivity contribution in [2.24, 2.45) is 5.11 Å². The zero-order valence-corrected chi connectivity index (χ0v) is 13.6. The van der Waals surface area contributed by atoms with Gasteiger partial charge in [-0.1, -0.05) is 5.11 Å². The van der Waals surface area contributed by atoms with Gasteiger partial charge >= 0.3 is 12.1 Å². The van der Waals surface area contributed by atoms with Crippen LogP contribution >= 0.6 is 0 Å². The lowest BCUT2D eigenvalue weighted by Gasteiger charge is -2.36. The third-order valence-electron chi connectivity index (χ3n) is 3.48. The summed E-state index contributed by atoms with van der Waals surface area (Å²) in [5.74, 6) is -0.483. The minimum absolute atomic E-state index is 0.0418. The number of esters is 1. The number of hydrogen-bond donors (Lipinski definition) is 0. The van der Waals surface area contributed by atoms with E-state index in [1.165, 1.54) is 12.0 Å². The highest BCUT2D eigenvalue weighted by Crippen LogP contribution is 2.26. The summed E-state index contributed by atoms with van der Waals surface area (Å²) in [4.78, 5) is 28.1. The van der Waals surface area contributed by atoms with Crippen LogP contribution < -0.4 is 0 Å². The summed E-state index contributed by atoms with van der Waals surface area (Å²) in [6, 6.07) is -0.154. The van der Waals surface area contributed by atoms with Gasteiger partial charge < -0.3 is 9.47 Å². The molecule has 124 valence electrons. The van der Waals surface area contributed by atoms with E-state index < -0.39 is 17.7 Å². The molecule has 0 bridgehead atoms. The maximum atomic E-state index is 12.3. The van der Waals surface area contributed by atoms with Crippen molar-refractivity contribution in [3.05, 3.63) is 10.4 Å². The summed E-state index contributed by atoms with van der Waals surface area (Å²) >= 11 is 0. The van der Waals surface area contributed by atoms with Crippen LogP contribution in [0.3, 0.4) is 0 Å². The van der Waals surface area contributed by atoms with Crippen molar-refractivity contribution < 1.29 is 19.1 Å². The molecule has 0 N–H and O–H groups in total. The number of methoxy groups -OCH3 is 1. The lowest BCUT2D eigenvalue weighted by Crippen LogP contribution is -2.47. The number of azide groups is 1. The van der Waals surface area contributed by atoms with Crippen LogP contribution in [0.1, 0.15) is 46.5 Å². The molecule has 1 aliphatic carbocycles. The van der Waals surface area contributed by atoms with Crippen molar-refractivity contribution in [2.45, 2.75) is 64.1 Å². The van der Waals surface area contributed by atoms with E-state index in [0.29, 0.717) is 25.7 Å². The molecule has 1 amide bonds. The average Bonchev–Trinajstić information content (AvgIpc) is 2.44. The maximum Gasteiger partial charge on any atom is 0.411 e. The summed E-state index contributed by atoms with van der Waals surface area (Å²) in [6.45, 7) is 5.20. The van der Waals surface area contributed by atoms with Gasteiger partial charge in [-0.25, -0.2) is 4.79 Å². The van der Waals surface area contributed by atoms with E-state index >= 15 is 0 Å². The molecule has 0 radical (unpaired) electrons. The third kappa shape index (κ3) is 5.81. The number of carbonyl (C=O) groups is 2. The molecule has 0 atom stereocenters. The molecule has 0 aromatic rings. The minimum Gasteiger partial charge on any atom is -0.468 e. The molecule has 0 aromatic carbocycles. The topological polar surface area (TPSA) is 105 Å². The molecule has 0 aliphatic heterocycles. The Hall–Kier alpha value is -1.95. The molecule has 0 heterocycles. The molecule has 0 saturated heterocycles. The fraction of sp³-hybridized carbons (Fsp3) is 0.857. The molecule has 0 unspecified atom stereocenters. The van der Waals surface area contributed by atoms with E-state index in [1.54, 1.807) is 20.8 Å². The van der Waals surface area contributed by atoms with Gasteiger partial charge in [0.2, 0.25) is 0 Å². The zero-order chi connectivity index (χ0) is 16.8. The Kier molecular flexibility index (Phi) is 6.49. The fourth-order valence-corrected chi connectivity index (χ4v) is 2.43. The lowest BCUT2D eigenvalue weighted by molar-refractivity contribution is -0.142. The second kappa shape index (κ2) is 7.89. The number of hydrogen-bond acceptors (Lipinski definition) is 5. The molecule has 0 spiro atoms. The van der Waals surface area contributed by atoms with Crippen molar-refractivity contribution in [3.8, 4) is 0 Å². The molecule has 0 aromatic heterocycles. The Morgan fingerprint density at radius 2 is 1.86 bits per heavy atom. The summed E-state index contributed by atoms with van der Waals surface area (Å²) < 4.78 is 10.0. The Bertz CT molecular complexity index is 446. The van der Waals surface area contributed by atoms with E-state index in [9.17, 15) is 9.59 Å². The maximum absolute atomic E-state index is 12.3. The second-order valence-corrected chi connectivity index (χ2v) is 6.35. The summed E-state index contributed by atoms with van der Waals surface area (Å²) in [5.41, 5.74) is 7.84. The Balaban J connectivity index is 2.76. The van der Waals surface area contributed by atoms with E-state index in [4.69, 9.17) is 10.3 Å². The number of carbonyl (C=O) groups excluding carboxylic acids is 2. The molecule has 8 nitrogen and oxygen atoms in total. The Morgan fingerprint density at radius 1 is 1.27 bits per heavy atom. The van der Waals surface area contributed by atoms with Gasteiger partial charge in [0, 0.05) is 17.0 Å². The monoisotopic (exact) mass is 312 g/mol. The average molecular weight is 312 g/mol. The van der Waals surface area contributed by atoms with Crippen LogP contribution in [0.4, 0.5) is 4.79 Å². The normalized spacial score (nSPS) is 21.5. The lowest BCUT2D eigenvalue weighted by atomic mass is 9.91. The molecule has 22 heavy (non-hydrogen) atoms. The predicted molar refractivity (Wildman–Crippen MR) is 80.1 cm³/mol. The largest absolute Gasteiger partial charge is 0.468 e. The first-order valence-corrected chi connectivity index (χ1v) is 7.37. The molecule has 1 saturated carbocycles. The first-order valence-electron chi connectivity index (χ1n) is 7.37. The van der Waals surface area contributed by atoms with E-state index in [0.717, 1.165) is 0 Å². The molecule has 1 rings (SSSR count). The van der Waals surface area contributed by atoms with Gasteiger partial charge in [0.25, 0.3) is 0 Å². The number of nitrogens with zero attached hydrogens (tertiary/aromatic N) is 4. The first-order chi connectivity index (χ1) is 10.3. The van der Waals surface area contributed by atoms with Crippen molar-refractivity contribution in [3.63, 3.8) is 0 Å². The third-order valence-corrected chi connectivity index (χ3v) is 3.48. The Morgan fingerprint density at radius 3 is 2.32 bits per heavy atom. The molecule has 1 aliphatic rings. The first kappa shape index (κ1) is 18.1. The number of amides is 1.